The standard InChI is InChI=1S/C13H14N2O3S/c1-17-10-5-4-8(6-11(10)18-2)9-7-12(16)15-13(14-9)19-3/h4-7H,1-3H3,(H,14,15,16). The molecule has 1 aromatic heterocycles. The maximum Gasteiger partial charge on any atom is 0.252 e. The van der Waals surface area contributed by atoms with Gasteiger partial charge in [-0.2, -0.15) is 0 Å². The molecular weight excluding hydrogens is 264 g/mol. The Hall–Kier alpha value is -1.95. The molecule has 19 heavy (non-hydrogen) atoms. The normalized spacial score (nSPS) is 10.3. The Morgan fingerprint density at radius 2 is 1.89 bits per heavy atom. The summed E-state index contributed by atoms with van der Waals surface area (Å²) in [6, 6.07) is 6.88. The minimum absolute atomic E-state index is 0.177. The van der Waals surface area contributed by atoms with E-state index in [0.717, 1.165) is 5.56 Å². The highest BCUT2D eigenvalue weighted by atomic mass is 32.2. The van der Waals surface area contributed by atoms with E-state index in [-0.39, 0.29) is 5.56 Å². The van der Waals surface area contributed by atoms with Crippen molar-refractivity contribution in [3.8, 4) is 22.8 Å². The summed E-state index contributed by atoms with van der Waals surface area (Å²) in [7, 11) is 3.15. The molecule has 0 saturated carbocycles. The van der Waals surface area contributed by atoms with Gasteiger partial charge >= 0.3 is 0 Å². The van der Waals surface area contributed by atoms with Gasteiger partial charge in [0.05, 0.1) is 19.9 Å². The quantitative estimate of drug-likeness (QED) is 0.686. The van der Waals surface area contributed by atoms with Crippen LogP contribution in [-0.4, -0.2) is 30.4 Å². The molecule has 0 aliphatic rings. The molecule has 0 bridgehead atoms. The van der Waals surface area contributed by atoms with E-state index in [2.05, 4.69) is 9.97 Å². The van der Waals surface area contributed by atoms with E-state index in [1.54, 1.807) is 26.4 Å². The molecule has 1 N–H and O–H groups in total. The van der Waals surface area contributed by atoms with Gasteiger partial charge in [0.25, 0.3) is 5.56 Å². The summed E-state index contributed by atoms with van der Waals surface area (Å²) in [5.41, 5.74) is 1.23. The summed E-state index contributed by atoms with van der Waals surface area (Å²) in [4.78, 5) is 18.6. The Labute approximate surface area is 115 Å². The van der Waals surface area contributed by atoms with Gasteiger partial charge in [-0.1, -0.05) is 11.8 Å². The van der Waals surface area contributed by atoms with E-state index in [1.807, 2.05) is 12.3 Å². The Bertz CT molecular complexity index is 640. The molecule has 2 aromatic rings. The van der Waals surface area contributed by atoms with Gasteiger partial charge < -0.3 is 14.5 Å². The van der Waals surface area contributed by atoms with Gasteiger partial charge in [-0.25, -0.2) is 4.98 Å². The lowest BCUT2D eigenvalue weighted by molar-refractivity contribution is 0.355. The van der Waals surface area contributed by atoms with Crippen LogP contribution < -0.4 is 15.0 Å². The van der Waals surface area contributed by atoms with Gasteiger partial charge in [0, 0.05) is 11.6 Å². The number of thioether (sulfide) groups is 1. The third-order valence-corrected chi connectivity index (χ3v) is 3.17. The molecule has 0 fully saturated rings. The van der Waals surface area contributed by atoms with Crippen LogP contribution in [0.4, 0.5) is 0 Å². The average molecular weight is 278 g/mol. The number of nitrogens with zero attached hydrogens (tertiary/aromatic N) is 1. The Morgan fingerprint density at radius 1 is 1.16 bits per heavy atom. The highest BCUT2D eigenvalue weighted by molar-refractivity contribution is 7.98. The molecule has 0 saturated heterocycles. The fraction of sp³-hybridized carbons (Fsp3) is 0.231. The predicted molar refractivity (Wildman–Crippen MR) is 75.2 cm³/mol. The van der Waals surface area contributed by atoms with Gasteiger partial charge in [-0.05, 0) is 24.5 Å². The lowest BCUT2D eigenvalue weighted by Crippen LogP contribution is -2.07. The minimum atomic E-state index is -0.177. The number of aromatic amines is 1. The molecule has 0 amide bonds. The first-order chi connectivity index (χ1) is 9.17. The van der Waals surface area contributed by atoms with Crippen molar-refractivity contribution in [1.29, 1.82) is 0 Å². The van der Waals surface area contributed by atoms with Crippen LogP contribution in [0.2, 0.25) is 0 Å². The molecular formula is C13H14N2O3S. The number of H-pyrrole nitrogens is 1. The lowest BCUT2D eigenvalue weighted by atomic mass is 10.1. The largest absolute Gasteiger partial charge is 0.493 e. The second-order valence-corrected chi connectivity index (χ2v) is 4.50. The number of ether oxygens (including phenoxy) is 2. The van der Waals surface area contributed by atoms with Crippen molar-refractivity contribution in [1.82, 2.24) is 9.97 Å². The number of aromatic nitrogens is 2. The molecule has 0 atom stereocenters. The zero-order chi connectivity index (χ0) is 13.8. The second-order valence-electron chi connectivity index (χ2n) is 3.71. The molecule has 0 spiro atoms. The maximum absolute atomic E-state index is 11.6. The van der Waals surface area contributed by atoms with Gasteiger partial charge in [0.2, 0.25) is 0 Å². The van der Waals surface area contributed by atoms with Crippen LogP contribution >= 0.6 is 11.8 Å². The van der Waals surface area contributed by atoms with Crippen LogP contribution in [0.3, 0.4) is 0 Å². The lowest BCUT2D eigenvalue weighted by Gasteiger charge is -2.09. The van der Waals surface area contributed by atoms with Crippen LogP contribution in [0.15, 0.2) is 34.2 Å². The van der Waals surface area contributed by atoms with Gasteiger partial charge in [0.1, 0.15) is 0 Å². The summed E-state index contributed by atoms with van der Waals surface area (Å²) in [5.74, 6) is 1.24. The average Bonchev–Trinajstić information content (AvgIpc) is 2.45. The topological polar surface area (TPSA) is 64.2 Å². The van der Waals surface area contributed by atoms with Crippen molar-refractivity contribution >= 4 is 11.8 Å². The summed E-state index contributed by atoms with van der Waals surface area (Å²) in [5, 5.41) is 0.581. The van der Waals surface area contributed by atoms with Gasteiger partial charge in [-0.3, -0.25) is 4.79 Å². The van der Waals surface area contributed by atoms with Crippen LogP contribution in [0.1, 0.15) is 0 Å². The highest BCUT2D eigenvalue weighted by Gasteiger charge is 2.08. The van der Waals surface area contributed by atoms with Crippen LogP contribution in [0.25, 0.3) is 11.3 Å². The zero-order valence-electron chi connectivity index (χ0n) is 10.9. The fourth-order valence-corrected chi connectivity index (χ4v) is 2.07. The van der Waals surface area contributed by atoms with Crippen LogP contribution in [-0.2, 0) is 0 Å². The number of nitrogens with one attached hydrogen (secondary N) is 1. The van der Waals surface area contributed by atoms with Crippen molar-refractivity contribution in [2.24, 2.45) is 0 Å². The molecule has 2 rings (SSSR count). The molecule has 1 heterocycles. The predicted octanol–water partition coefficient (Wildman–Crippen LogP) is 2.18. The number of rotatable bonds is 4. The first-order valence-electron chi connectivity index (χ1n) is 5.55. The Kier molecular flexibility index (Phi) is 4.11. The van der Waals surface area contributed by atoms with E-state index in [0.29, 0.717) is 22.3 Å². The molecule has 5 nitrogen and oxygen atoms in total. The SMILES string of the molecule is COc1ccc(-c2cc(=O)[nH]c(SC)n2)cc1OC. The molecule has 1 aromatic carbocycles. The van der Waals surface area contributed by atoms with Crippen molar-refractivity contribution in [2.75, 3.05) is 20.5 Å². The van der Waals surface area contributed by atoms with Crippen molar-refractivity contribution in [2.45, 2.75) is 5.16 Å². The minimum Gasteiger partial charge on any atom is -0.493 e. The fourth-order valence-electron chi connectivity index (χ4n) is 1.68. The molecule has 0 unspecified atom stereocenters. The van der Waals surface area contributed by atoms with Crippen LogP contribution in [0.5, 0.6) is 11.5 Å². The summed E-state index contributed by atoms with van der Waals surface area (Å²) in [6.07, 6.45) is 1.86. The van der Waals surface area contributed by atoms with Crippen molar-refractivity contribution in [3.63, 3.8) is 0 Å². The molecule has 0 aliphatic carbocycles. The molecule has 100 valence electrons. The van der Waals surface area contributed by atoms with E-state index in [9.17, 15) is 4.79 Å². The van der Waals surface area contributed by atoms with E-state index < -0.39 is 0 Å². The summed E-state index contributed by atoms with van der Waals surface area (Å²) in [6.45, 7) is 0. The number of hydrogen-bond acceptors (Lipinski definition) is 5. The number of methoxy groups -OCH3 is 2. The first kappa shape index (κ1) is 13.5. The Morgan fingerprint density at radius 3 is 2.53 bits per heavy atom. The third-order valence-electron chi connectivity index (χ3n) is 2.59. The summed E-state index contributed by atoms with van der Waals surface area (Å²) >= 11 is 1.39. The van der Waals surface area contributed by atoms with E-state index in [4.69, 9.17) is 9.47 Å². The van der Waals surface area contributed by atoms with E-state index >= 15 is 0 Å². The van der Waals surface area contributed by atoms with E-state index in [1.165, 1.54) is 17.8 Å². The molecule has 6 heteroatoms. The third kappa shape index (κ3) is 2.90. The summed E-state index contributed by atoms with van der Waals surface area (Å²) < 4.78 is 10.4. The zero-order valence-corrected chi connectivity index (χ0v) is 11.7. The Balaban J connectivity index is 2.52. The molecule has 0 aliphatic heterocycles. The highest BCUT2D eigenvalue weighted by Crippen LogP contribution is 2.31. The first-order valence-corrected chi connectivity index (χ1v) is 6.78. The van der Waals surface area contributed by atoms with Crippen molar-refractivity contribution in [3.05, 3.63) is 34.6 Å². The van der Waals surface area contributed by atoms with Crippen molar-refractivity contribution < 1.29 is 9.47 Å². The second kappa shape index (κ2) is 5.79. The van der Waals surface area contributed by atoms with Crippen LogP contribution in [0, 0.1) is 0 Å². The molecule has 0 radical (unpaired) electrons. The number of benzene rings is 1. The van der Waals surface area contributed by atoms with Gasteiger partial charge in [0.15, 0.2) is 16.7 Å². The van der Waals surface area contributed by atoms with Gasteiger partial charge in [-0.15, -0.1) is 0 Å². The maximum atomic E-state index is 11.6. The smallest absolute Gasteiger partial charge is 0.252 e. The number of hydrogen-bond donors (Lipinski definition) is 1. The monoisotopic (exact) mass is 278 g/mol.